The van der Waals surface area contributed by atoms with E-state index in [9.17, 15) is 9.59 Å². The van der Waals surface area contributed by atoms with Crippen LogP contribution in [0.3, 0.4) is 0 Å². The lowest BCUT2D eigenvalue weighted by atomic mass is 9.72. The topological polar surface area (TPSA) is 56.4 Å². The van der Waals surface area contributed by atoms with Crippen LogP contribution < -0.4 is 0 Å². The van der Waals surface area contributed by atoms with Crippen molar-refractivity contribution < 1.29 is 9.59 Å². The highest BCUT2D eigenvalue weighted by atomic mass is 16.2. The van der Waals surface area contributed by atoms with Crippen LogP contribution in [0, 0.1) is 5.92 Å². The zero-order valence-electron chi connectivity index (χ0n) is 20.8. The zero-order chi connectivity index (χ0) is 24.3. The van der Waals surface area contributed by atoms with Crippen LogP contribution in [0.1, 0.15) is 62.1 Å². The number of fused-ring (bicyclic) bond motifs is 6. The first-order chi connectivity index (χ1) is 17.0. The molecule has 2 aliphatic heterocycles. The highest BCUT2D eigenvalue weighted by molar-refractivity contribution is 6.05. The average molecular weight is 468 g/mol. The molecule has 1 aromatic heterocycles. The van der Waals surface area contributed by atoms with Gasteiger partial charge in [0.15, 0.2) is 0 Å². The van der Waals surface area contributed by atoms with E-state index in [2.05, 4.69) is 73.6 Å². The van der Waals surface area contributed by atoms with Crippen molar-refractivity contribution in [2.75, 3.05) is 13.6 Å². The summed E-state index contributed by atoms with van der Waals surface area (Å²) in [4.78, 5) is 33.9. The van der Waals surface area contributed by atoms with Crippen LogP contribution in [0.25, 0.3) is 10.9 Å². The second kappa shape index (κ2) is 8.11. The molecular formula is C30H33N3O2. The molecule has 1 saturated heterocycles. The van der Waals surface area contributed by atoms with E-state index >= 15 is 0 Å². The first kappa shape index (κ1) is 22.1. The molecule has 180 valence electrons. The molecule has 0 bridgehead atoms. The van der Waals surface area contributed by atoms with Crippen molar-refractivity contribution in [3.63, 3.8) is 0 Å². The Morgan fingerprint density at radius 2 is 1.77 bits per heavy atom. The molecule has 0 spiro atoms. The van der Waals surface area contributed by atoms with Gasteiger partial charge in [0.1, 0.15) is 12.2 Å². The highest BCUT2D eigenvalue weighted by Gasteiger charge is 2.62. The first-order valence-electron chi connectivity index (χ1n) is 13.0. The summed E-state index contributed by atoms with van der Waals surface area (Å²) in [6, 6.07) is 16.9. The van der Waals surface area contributed by atoms with Crippen LogP contribution in [0.4, 0.5) is 0 Å². The lowest BCUT2D eigenvalue weighted by Gasteiger charge is -2.40. The maximum atomic E-state index is 13.6. The lowest BCUT2D eigenvalue weighted by molar-refractivity contribution is -0.145. The van der Waals surface area contributed by atoms with Gasteiger partial charge in [-0.2, -0.15) is 0 Å². The van der Waals surface area contributed by atoms with E-state index in [0.717, 1.165) is 29.3 Å². The lowest BCUT2D eigenvalue weighted by Crippen LogP contribution is -2.55. The van der Waals surface area contributed by atoms with Gasteiger partial charge in [0.25, 0.3) is 5.91 Å². The summed E-state index contributed by atoms with van der Waals surface area (Å²) in [6.45, 7) is 4.67. The van der Waals surface area contributed by atoms with E-state index in [0.29, 0.717) is 11.6 Å². The number of benzene rings is 2. The van der Waals surface area contributed by atoms with E-state index in [1.807, 2.05) is 11.0 Å². The summed E-state index contributed by atoms with van der Waals surface area (Å²) in [5, 5.41) is 1.15. The summed E-state index contributed by atoms with van der Waals surface area (Å²) < 4.78 is 0. The van der Waals surface area contributed by atoms with Gasteiger partial charge in [0.2, 0.25) is 5.91 Å². The largest absolute Gasteiger partial charge is 0.361 e. The number of rotatable bonds is 6. The summed E-state index contributed by atoms with van der Waals surface area (Å²) >= 11 is 0. The third kappa shape index (κ3) is 3.00. The monoisotopic (exact) mass is 467 g/mol. The Morgan fingerprint density at radius 1 is 1.03 bits per heavy atom. The maximum Gasteiger partial charge on any atom is 0.270 e. The first-order valence-corrected chi connectivity index (χ1v) is 13.0. The number of hydrogen-bond donors (Lipinski definition) is 1. The number of nitrogens with zero attached hydrogens (tertiary/aromatic N) is 2. The van der Waals surface area contributed by atoms with Gasteiger partial charge < -0.3 is 14.8 Å². The number of H-pyrrole nitrogens is 1. The van der Waals surface area contributed by atoms with Gasteiger partial charge in [-0.25, -0.2) is 0 Å². The Morgan fingerprint density at radius 3 is 2.57 bits per heavy atom. The fourth-order valence-corrected chi connectivity index (χ4v) is 7.05. The Balaban J connectivity index is 1.60. The Hall–Kier alpha value is -3.34. The van der Waals surface area contributed by atoms with Crippen LogP contribution in [-0.4, -0.2) is 46.2 Å². The fourth-order valence-electron chi connectivity index (χ4n) is 7.05. The van der Waals surface area contributed by atoms with Gasteiger partial charge in [0.05, 0.1) is 11.5 Å². The van der Waals surface area contributed by atoms with E-state index in [4.69, 9.17) is 0 Å². The van der Waals surface area contributed by atoms with Crippen LogP contribution >= 0.6 is 0 Å². The molecule has 3 unspecified atom stereocenters. The number of likely N-dealkylation sites (N-methyl/N-ethyl adjacent to an activating group) is 1. The average Bonchev–Trinajstić information content (AvgIpc) is 3.53. The number of amides is 2. The van der Waals surface area contributed by atoms with Gasteiger partial charge in [-0.15, -0.1) is 0 Å². The normalized spacial score (nSPS) is 25.3. The molecule has 3 heterocycles. The van der Waals surface area contributed by atoms with Gasteiger partial charge in [-0.05, 0) is 47.6 Å². The fraction of sp³-hybridized carbons (Fsp3) is 0.400. The van der Waals surface area contributed by atoms with E-state index in [1.165, 1.54) is 24.0 Å². The van der Waals surface area contributed by atoms with Crippen molar-refractivity contribution in [3.8, 4) is 0 Å². The van der Waals surface area contributed by atoms with E-state index < -0.39 is 5.41 Å². The molecule has 1 fully saturated rings. The smallest absolute Gasteiger partial charge is 0.270 e. The summed E-state index contributed by atoms with van der Waals surface area (Å²) in [5.41, 5.74) is 4.77. The molecule has 5 heteroatoms. The molecule has 3 aromatic rings. The summed E-state index contributed by atoms with van der Waals surface area (Å²) in [6.07, 6.45) is 8.69. The Kier molecular flexibility index (Phi) is 5.13. The predicted molar refractivity (Wildman–Crippen MR) is 138 cm³/mol. The van der Waals surface area contributed by atoms with Crippen LogP contribution in [0.2, 0.25) is 0 Å². The van der Waals surface area contributed by atoms with Crippen LogP contribution in [0.15, 0.2) is 66.5 Å². The Labute approximate surface area is 206 Å². The number of para-hydroxylation sites is 1. The van der Waals surface area contributed by atoms with Crippen molar-refractivity contribution in [2.45, 2.75) is 56.9 Å². The van der Waals surface area contributed by atoms with Crippen LogP contribution in [-0.2, 0) is 15.0 Å². The van der Waals surface area contributed by atoms with Gasteiger partial charge in [-0.3, -0.25) is 9.59 Å². The van der Waals surface area contributed by atoms with Crippen molar-refractivity contribution in [1.82, 2.24) is 14.8 Å². The van der Waals surface area contributed by atoms with Crippen LogP contribution in [0.5, 0.6) is 0 Å². The molecule has 2 amide bonds. The quantitative estimate of drug-likeness (QED) is 0.532. The molecule has 1 N–H and O–H groups in total. The number of carbonyl (C=O) groups is 2. The van der Waals surface area contributed by atoms with Gasteiger partial charge in [-0.1, -0.05) is 69.2 Å². The molecule has 35 heavy (non-hydrogen) atoms. The molecule has 5 nitrogen and oxygen atoms in total. The van der Waals surface area contributed by atoms with E-state index in [-0.39, 0.29) is 30.3 Å². The van der Waals surface area contributed by atoms with E-state index in [1.54, 1.807) is 11.9 Å². The minimum Gasteiger partial charge on any atom is -0.361 e. The molecule has 2 aromatic carbocycles. The van der Waals surface area contributed by atoms with Gasteiger partial charge in [0, 0.05) is 30.1 Å². The summed E-state index contributed by atoms with van der Waals surface area (Å²) in [7, 11) is 1.73. The standard InChI is InChI=1S/C30H33N3O2/c1-4-19(5-2)14-15-21-20-10-6-8-12-23(20)30(24-17-31-25-13-9-7-11-22(24)25)16-26-29(35)32(3)18-27(34)33(26)28(21)30/h6-13,16-17,19,21,28,31H,4-5,14-15,18H2,1-3H3. The number of aromatic nitrogens is 1. The van der Waals surface area contributed by atoms with Crippen molar-refractivity contribution in [1.29, 1.82) is 0 Å². The molecular weight excluding hydrogens is 434 g/mol. The highest BCUT2D eigenvalue weighted by Crippen LogP contribution is 2.60. The molecule has 3 atom stereocenters. The SMILES string of the molecule is CCC(CC)CCC1c2ccccc2C2(c3c[nH]c4ccccc34)C=C3C(=O)N(C)CC(=O)N3C12. The molecule has 1 aliphatic carbocycles. The second-order valence-corrected chi connectivity index (χ2v) is 10.5. The molecule has 3 aliphatic rings. The summed E-state index contributed by atoms with van der Waals surface area (Å²) in [5.74, 6) is 0.804. The number of piperazine rings is 1. The predicted octanol–water partition coefficient (Wildman–Crippen LogP) is 5.33. The molecule has 6 rings (SSSR count). The third-order valence-corrected chi connectivity index (χ3v) is 8.84. The minimum atomic E-state index is -0.555. The Bertz CT molecular complexity index is 1350. The molecule has 0 saturated carbocycles. The minimum absolute atomic E-state index is 0.0189. The van der Waals surface area contributed by atoms with Crippen molar-refractivity contribution in [2.24, 2.45) is 5.92 Å². The third-order valence-electron chi connectivity index (χ3n) is 8.84. The number of aromatic amines is 1. The second-order valence-electron chi connectivity index (χ2n) is 10.5. The number of nitrogens with one attached hydrogen (secondary N) is 1. The molecule has 0 radical (unpaired) electrons. The van der Waals surface area contributed by atoms with Crippen molar-refractivity contribution >= 4 is 22.7 Å². The zero-order valence-corrected chi connectivity index (χ0v) is 20.8. The van der Waals surface area contributed by atoms with Crippen molar-refractivity contribution in [3.05, 3.63) is 83.2 Å². The number of hydrogen-bond acceptors (Lipinski definition) is 2. The maximum absolute atomic E-state index is 13.6. The van der Waals surface area contributed by atoms with Gasteiger partial charge >= 0.3 is 0 Å². The number of carbonyl (C=O) groups excluding carboxylic acids is 2.